The molecule has 0 aromatic rings. The molecular formula is C9H17NO2. The van der Waals surface area contributed by atoms with E-state index < -0.39 is 0 Å². The molecule has 70 valence electrons. The summed E-state index contributed by atoms with van der Waals surface area (Å²) in [6, 6.07) is 0. The summed E-state index contributed by atoms with van der Waals surface area (Å²) in [5.41, 5.74) is 0. The lowest BCUT2D eigenvalue weighted by atomic mass is 10.0. The first-order valence-electron chi connectivity index (χ1n) is 4.55. The van der Waals surface area contributed by atoms with E-state index in [9.17, 15) is 4.79 Å². The number of Topliss-reactive ketones (excluding diaryl/α,β-unsaturated/α-hetero) is 1. The van der Waals surface area contributed by atoms with Crippen LogP contribution in [0.15, 0.2) is 0 Å². The van der Waals surface area contributed by atoms with E-state index in [0.29, 0.717) is 25.5 Å². The van der Waals surface area contributed by atoms with Crippen LogP contribution in [-0.4, -0.2) is 31.6 Å². The smallest absolute Gasteiger partial charge is 0.163 e. The van der Waals surface area contributed by atoms with Crippen molar-refractivity contribution in [2.45, 2.75) is 26.4 Å². The van der Waals surface area contributed by atoms with Crippen LogP contribution >= 0.6 is 0 Å². The van der Waals surface area contributed by atoms with E-state index in [1.807, 2.05) is 13.8 Å². The Labute approximate surface area is 73.5 Å². The van der Waals surface area contributed by atoms with Crippen LogP contribution in [0.1, 0.15) is 20.3 Å². The Bertz CT molecular complexity index is 151. The summed E-state index contributed by atoms with van der Waals surface area (Å²) in [5.74, 6) is 0.667. The van der Waals surface area contributed by atoms with Gasteiger partial charge in [0.1, 0.15) is 6.10 Å². The van der Waals surface area contributed by atoms with Crippen molar-refractivity contribution < 1.29 is 9.53 Å². The molecule has 1 heterocycles. The zero-order valence-corrected chi connectivity index (χ0v) is 7.80. The summed E-state index contributed by atoms with van der Waals surface area (Å²) in [6.07, 6.45) is 0.438. The third-order valence-electron chi connectivity index (χ3n) is 1.90. The molecule has 12 heavy (non-hydrogen) atoms. The van der Waals surface area contributed by atoms with Crippen LogP contribution in [0.25, 0.3) is 0 Å². The summed E-state index contributed by atoms with van der Waals surface area (Å²) in [4.78, 5) is 11.4. The summed E-state index contributed by atoms with van der Waals surface area (Å²) < 4.78 is 5.33. The van der Waals surface area contributed by atoms with Crippen LogP contribution in [0.2, 0.25) is 0 Å². The molecule has 0 aromatic heterocycles. The minimum Gasteiger partial charge on any atom is -0.368 e. The fourth-order valence-corrected chi connectivity index (χ4v) is 1.31. The number of morpholine rings is 1. The lowest BCUT2D eigenvalue weighted by Gasteiger charge is -2.22. The Kier molecular flexibility index (Phi) is 3.69. The third-order valence-corrected chi connectivity index (χ3v) is 1.90. The molecule has 3 nitrogen and oxygen atoms in total. The second-order valence-corrected chi connectivity index (χ2v) is 3.63. The van der Waals surface area contributed by atoms with Crippen LogP contribution in [-0.2, 0) is 9.53 Å². The maximum absolute atomic E-state index is 11.4. The molecule has 0 spiro atoms. The van der Waals surface area contributed by atoms with Crippen LogP contribution < -0.4 is 5.32 Å². The number of hydrogen-bond donors (Lipinski definition) is 1. The molecular weight excluding hydrogens is 154 g/mol. The Morgan fingerprint density at radius 3 is 2.92 bits per heavy atom. The molecule has 1 fully saturated rings. The fourth-order valence-electron chi connectivity index (χ4n) is 1.31. The lowest BCUT2D eigenvalue weighted by Crippen LogP contribution is -2.43. The van der Waals surface area contributed by atoms with Gasteiger partial charge in [-0.3, -0.25) is 4.79 Å². The van der Waals surface area contributed by atoms with Gasteiger partial charge in [-0.2, -0.15) is 0 Å². The fraction of sp³-hybridized carbons (Fsp3) is 0.889. The average Bonchev–Trinajstić information content (AvgIpc) is 2.05. The van der Waals surface area contributed by atoms with Crippen molar-refractivity contribution in [3.63, 3.8) is 0 Å². The molecule has 1 aliphatic heterocycles. The number of ketones is 1. The maximum atomic E-state index is 11.4. The van der Waals surface area contributed by atoms with Crippen molar-refractivity contribution in [2.75, 3.05) is 19.7 Å². The molecule has 0 saturated carbocycles. The summed E-state index contributed by atoms with van der Waals surface area (Å²) in [5, 5.41) is 3.14. The van der Waals surface area contributed by atoms with Crippen molar-refractivity contribution in [2.24, 2.45) is 5.92 Å². The van der Waals surface area contributed by atoms with Gasteiger partial charge in [-0.25, -0.2) is 0 Å². The van der Waals surface area contributed by atoms with Gasteiger partial charge in [-0.15, -0.1) is 0 Å². The normalized spacial score (nSPS) is 24.4. The Morgan fingerprint density at radius 2 is 2.42 bits per heavy atom. The van der Waals surface area contributed by atoms with E-state index in [2.05, 4.69) is 5.32 Å². The highest BCUT2D eigenvalue weighted by atomic mass is 16.5. The molecule has 1 rings (SSSR count). The van der Waals surface area contributed by atoms with Gasteiger partial charge in [0, 0.05) is 19.5 Å². The van der Waals surface area contributed by atoms with Crippen LogP contribution in [0, 0.1) is 5.92 Å². The van der Waals surface area contributed by atoms with Crippen LogP contribution in [0.5, 0.6) is 0 Å². The van der Waals surface area contributed by atoms with Crippen molar-refractivity contribution in [1.82, 2.24) is 5.32 Å². The molecule has 1 unspecified atom stereocenters. The molecule has 0 aromatic carbocycles. The predicted molar refractivity (Wildman–Crippen MR) is 47.1 cm³/mol. The third kappa shape index (κ3) is 2.91. The topological polar surface area (TPSA) is 38.3 Å². The molecule has 0 bridgehead atoms. The number of ether oxygens (including phenoxy) is 1. The first-order valence-corrected chi connectivity index (χ1v) is 4.55. The van der Waals surface area contributed by atoms with Gasteiger partial charge < -0.3 is 10.1 Å². The number of rotatable bonds is 3. The van der Waals surface area contributed by atoms with Gasteiger partial charge in [0.2, 0.25) is 0 Å². The highest BCUT2D eigenvalue weighted by Crippen LogP contribution is 2.06. The lowest BCUT2D eigenvalue weighted by molar-refractivity contribution is -0.132. The molecule has 1 N–H and O–H groups in total. The van der Waals surface area contributed by atoms with Gasteiger partial charge >= 0.3 is 0 Å². The largest absolute Gasteiger partial charge is 0.368 e. The molecule has 0 aliphatic carbocycles. The molecule has 0 amide bonds. The monoisotopic (exact) mass is 171 g/mol. The van der Waals surface area contributed by atoms with Crippen molar-refractivity contribution >= 4 is 5.78 Å². The quantitative estimate of drug-likeness (QED) is 0.675. The number of nitrogens with one attached hydrogen (secondary N) is 1. The van der Waals surface area contributed by atoms with Gasteiger partial charge in [-0.1, -0.05) is 13.8 Å². The van der Waals surface area contributed by atoms with Crippen LogP contribution in [0.4, 0.5) is 0 Å². The Balaban J connectivity index is 2.30. The summed E-state index contributed by atoms with van der Waals surface area (Å²) in [6.45, 7) is 6.31. The van der Waals surface area contributed by atoms with Gasteiger partial charge in [-0.05, 0) is 5.92 Å². The van der Waals surface area contributed by atoms with E-state index >= 15 is 0 Å². The van der Waals surface area contributed by atoms with E-state index in [4.69, 9.17) is 4.74 Å². The molecule has 1 aliphatic rings. The first kappa shape index (κ1) is 9.68. The van der Waals surface area contributed by atoms with Crippen LogP contribution in [0.3, 0.4) is 0 Å². The number of carbonyl (C=O) groups is 1. The Morgan fingerprint density at radius 1 is 1.67 bits per heavy atom. The second kappa shape index (κ2) is 4.58. The highest BCUT2D eigenvalue weighted by molar-refractivity contribution is 5.83. The highest BCUT2D eigenvalue weighted by Gasteiger charge is 2.21. The van der Waals surface area contributed by atoms with E-state index in [0.717, 1.165) is 6.54 Å². The van der Waals surface area contributed by atoms with Crippen molar-refractivity contribution in [1.29, 1.82) is 0 Å². The van der Waals surface area contributed by atoms with E-state index in [-0.39, 0.29) is 11.9 Å². The van der Waals surface area contributed by atoms with Gasteiger partial charge in [0.25, 0.3) is 0 Å². The van der Waals surface area contributed by atoms with Gasteiger partial charge in [0.15, 0.2) is 5.78 Å². The first-order chi connectivity index (χ1) is 5.70. The van der Waals surface area contributed by atoms with Crippen molar-refractivity contribution in [3.05, 3.63) is 0 Å². The molecule has 3 heteroatoms. The Hall–Kier alpha value is -0.410. The predicted octanol–water partition coefficient (Wildman–Crippen LogP) is 0.590. The standard InChI is InChI=1S/C9H17NO2/c1-7(2)5-8(11)9-6-10-3-4-12-9/h7,9-10H,3-6H2,1-2H3. The minimum absolute atomic E-state index is 0.193. The average molecular weight is 171 g/mol. The minimum atomic E-state index is -0.193. The van der Waals surface area contributed by atoms with Crippen molar-refractivity contribution in [3.8, 4) is 0 Å². The number of carbonyl (C=O) groups excluding carboxylic acids is 1. The SMILES string of the molecule is CC(C)CC(=O)C1CNCCO1. The summed E-state index contributed by atoms with van der Waals surface area (Å²) in [7, 11) is 0. The second-order valence-electron chi connectivity index (χ2n) is 3.63. The zero-order valence-electron chi connectivity index (χ0n) is 7.80. The van der Waals surface area contributed by atoms with E-state index in [1.54, 1.807) is 0 Å². The van der Waals surface area contributed by atoms with Gasteiger partial charge in [0.05, 0.1) is 6.61 Å². The molecule has 1 atom stereocenters. The maximum Gasteiger partial charge on any atom is 0.163 e. The summed E-state index contributed by atoms with van der Waals surface area (Å²) >= 11 is 0. The zero-order chi connectivity index (χ0) is 8.97. The van der Waals surface area contributed by atoms with E-state index in [1.165, 1.54) is 0 Å². The molecule has 1 saturated heterocycles. The number of hydrogen-bond acceptors (Lipinski definition) is 3. The molecule has 0 radical (unpaired) electrons.